The molecule has 2 heteroatoms. The van der Waals surface area contributed by atoms with Gasteiger partial charge in [0.1, 0.15) is 0 Å². The first kappa shape index (κ1) is 15.1. The van der Waals surface area contributed by atoms with Gasteiger partial charge < -0.3 is 10.2 Å². The van der Waals surface area contributed by atoms with Gasteiger partial charge in [-0.15, -0.1) is 0 Å². The molecular weight excluding hydrogens is 256 g/mol. The van der Waals surface area contributed by atoms with E-state index in [9.17, 15) is 0 Å². The minimum atomic E-state index is 0.724. The van der Waals surface area contributed by atoms with Crippen LogP contribution in [0.5, 0.6) is 0 Å². The maximum Gasteiger partial charge on any atom is 0.0143 e. The van der Waals surface area contributed by atoms with Crippen molar-refractivity contribution < 1.29 is 0 Å². The molecule has 1 N–H and O–H groups in total. The Kier molecular flexibility index (Phi) is 4.97. The van der Waals surface area contributed by atoms with Crippen LogP contribution in [-0.4, -0.2) is 36.6 Å². The lowest BCUT2D eigenvalue weighted by Gasteiger charge is -2.34. The second kappa shape index (κ2) is 6.93. The first-order chi connectivity index (χ1) is 10.2. The van der Waals surface area contributed by atoms with Crippen LogP contribution in [0.15, 0.2) is 30.3 Å². The van der Waals surface area contributed by atoms with Crippen LogP contribution in [0.25, 0.3) is 0 Å². The van der Waals surface area contributed by atoms with Crippen molar-refractivity contribution in [1.29, 1.82) is 0 Å². The SMILES string of the molecule is CC(C)N1CCC(CCNC2CC2c2ccccc2)CC1. The highest BCUT2D eigenvalue weighted by Gasteiger charge is 2.37. The van der Waals surface area contributed by atoms with Crippen molar-refractivity contribution in [3.63, 3.8) is 0 Å². The summed E-state index contributed by atoms with van der Waals surface area (Å²) >= 11 is 0. The fourth-order valence-electron chi connectivity index (χ4n) is 3.72. The highest BCUT2D eigenvalue weighted by molar-refractivity contribution is 5.27. The molecule has 1 saturated carbocycles. The Morgan fingerprint density at radius 2 is 1.86 bits per heavy atom. The zero-order chi connectivity index (χ0) is 14.7. The van der Waals surface area contributed by atoms with Crippen LogP contribution in [0.4, 0.5) is 0 Å². The summed E-state index contributed by atoms with van der Waals surface area (Å²) in [5.41, 5.74) is 1.51. The third-order valence-electron chi connectivity index (χ3n) is 5.36. The standard InChI is InChI=1S/C19H30N2/c1-15(2)21-12-9-16(10-13-21)8-11-20-19-14-18(19)17-6-4-3-5-7-17/h3-7,15-16,18-20H,8-14H2,1-2H3. The molecule has 0 aromatic heterocycles. The third-order valence-corrected chi connectivity index (χ3v) is 5.36. The van der Waals surface area contributed by atoms with Gasteiger partial charge in [-0.3, -0.25) is 0 Å². The van der Waals surface area contributed by atoms with Crippen LogP contribution < -0.4 is 5.32 Å². The van der Waals surface area contributed by atoms with E-state index in [-0.39, 0.29) is 0 Å². The Bertz CT molecular complexity index is 420. The second-order valence-corrected chi connectivity index (χ2v) is 7.18. The van der Waals surface area contributed by atoms with E-state index in [1.807, 2.05) is 0 Å². The van der Waals surface area contributed by atoms with Gasteiger partial charge in [-0.05, 0) is 70.6 Å². The number of benzene rings is 1. The molecule has 0 spiro atoms. The molecule has 0 amide bonds. The van der Waals surface area contributed by atoms with Gasteiger partial charge in [0.15, 0.2) is 0 Å². The topological polar surface area (TPSA) is 15.3 Å². The van der Waals surface area contributed by atoms with Crippen LogP contribution in [0.1, 0.15) is 51.0 Å². The van der Waals surface area contributed by atoms with Crippen LogP contribution in [0, 0.1) is 5.92 Å². The lowest BCUT2D eigenvalue weighted by molar-refractivity contribution is 0.145. The number of nitrogens with one attached hydrogen (secondary N) is 1. The minimum Gasteiger partial charge on any atom is -0.313 e. The number of nitrogens with zero attached hydrogens (tertiary/aromatic N) is 1. The average molecular weight is 286 g/mol. The monoisotopic (exact) mass is 286 g/mol. The molecule has 2 fully saturated rings. The fourth-order valence-corrected chi connectivity index (χ4v) is 3.72. The first-order valence-electron chi connectivity index (χ1n) is 8.76. The molecule has 1 aliphatic carbocycles. The Morgan fingerprint density at radius 1 is 1.14 bits per heavy atom. The number of hydrogen-bond acceptors (Lipinski definition) is 2. The fraction of sp³-hybridized carbons (Fsp3) is 0.684. The van der Waals surface area contributed by atoms with Gasteiger partial charge in [-0.1, -0.05) is 30.3 Å². The van der Waals surface area contributed by atoms with Gasteiger partial charge in [-0.2, -0.15) is 0 Å². The molecule has 0 bridgehead atoms. The molecular formula is C19H30N2. The van der Waals surface area contributed by atoms with E-state index in [4.69, 9.17) is 0 Å². The van der Waals surface area contributed by atoms with Crippen molar-refractivity contribution in [1.82, 2.24) is 10.2 Å². The van der Waals surface area contributed by atoms with E-state index in [1.54, 1.807) is 0 Å². The van der Waals surface area contributed by atoms with Crippen LogP contribution in [-0.2, 0) is 0 Å². The summed E-state index contributed by atoms with van der Waals surface area (Å²) in [5, 5.41) is 3.77. The lowest BCUT2D eigenvalue weighted by Crippen LogP contribution is -2.39. The molecule has 1 aliphatic heterocycles. The molecule has 3 rings (SSSR count). The van der Waals surface area contributed by atoms with Crippen molar-refractivity contribution in [3.8, 4) is 0 Å². The lowest BCUT2D eigenvalue weighted by atomic mass is 9.93. The molecule has 1 heterocycles. The average Bonchev–Trinajstić information content (AvgIpc) is 3.28. The highest BCUT2D eigenvalue weighted by atomic mass is 15.1. The van der Waals surface area contributed by atoms with Crippen molar-refractivity contribution in [2.24, 2.45) is 5.92 Å². The smallest absolute Gasteiger partial charge is 0.0143 e. The van der Waals surface area contributed by atoms with Crippen molar-refractivity contribution in [2.75, 3.05) is 19.6 Å². The predicted molar refractivity (Wildman–Crippen MR) is 89.6 cm³/mol. The zero-order valence-corrected chi connectivity index (χ0v) is 13.6. The summed E-state index contributed by atoms with van der Waals surface area (Å²) in [6, 6.07) is 12.4. The largest absolute Gasteiger partial charge is 0.313 e. The molecule has 2 unspecified atom stereocenters. The Morgan fingerprint density at radius 3 is 2.52 bits per heavy atom. The van der Waals surface area contributed by atoms with Gasteiger partial charge in [0.05, 0.1) is 0 Å². The summed E-state index contributed by atoms with van der Waals surface area (Å²) in [6.07, 6.45) is 5.49. The molecule has 2 aliphatic rings. The van der Waals surface area contributed by atoms with E-state index < -0.39 is 0 Å². The van der Waals surface area contributed by atoms with E-state index in [0.717, 1.165) is 23.9 Å². The summed E-state index contributed by atoms with van der Waals surface area (Å²) in [6.45, 7) is 8.45. The van der Waals surface area contributed by atoms with Crippen LogP contribution in [0.2, 0.25) is 0 Å². The Labute approximate surface area is 129 Å². The van der Waals surface area contributed by atoms with Gasteiger partial charge in [0.2, 0.25) is 0 Å². The molecule has 1 aromatic rings. The molecule has 1 aromatic carbocycles. The highest BCUT2D eigenvalue weighted by Crippen LogP contribution is 2.40. The van der Waals surface area contributed by atoms with E-state index >= 15 is 0 Å². The van der Waals surface area contributed by atoms with E-state index in [2.05, 4.69) is 54.4 Å². The molecule has 2 nitrogen and oxygen atoms in total. The summed E-state index contributed by atoms with van der Waals surface area (Å²) in [4.78, 5) is 2.62. The van der Waals surface area contributed by atoms with E-state index in [0.29, 0.717) is 0 Å². The maximum absolute atomic E-state index is 3.77. The van der Waals surface area contributed by atoms with Gasteiger partial charge in [-0.25, -0.2) is 0 Å². The second-order valence-electron chi connectivity index (χ2n) is 7.18. The molecule has 116 valence electrons. The van der Waals surface area contributed by atoms with Crippen molar-refractivity contribution >= 4 is 0 Å². The molecule has 1 saturated heterocycles. The number of hydrogen-bond donors (Lipinski definition) is 1. The normalized spacial score (nSPS) is 27.2. The number of rotatable bonds is 6. The zero-order valence-electron chi connectivity index (χ0n) is 13.6. The third kappa shape index (κ3) is 4.08. The molecule has 21 heavy (non-hydrogen) atoms. The quantitative estimate of drug-likeness (QED) is 0.859. The van der Waals surface area contributed by atoms with Crippen molar-refractivity contribution in [3.05, 3.63) is 35.9 Å². The minimum absolute atomic E-state index is 0.724. The van der Waals surface area contributed by atoms with Gasteiger partial charge in [0, 0.05) is 18.0 Å². The number of piperidine rings is 1. The summed E-state index contributed by atoms with van der Waals surface area (Å²) in [7, 11) is 0. The first-order valence-corrected chi connectivity index (χ1v) is 8.76. The van der Waals surface area contributed by atoms with Crippen LogP contribution >= 0.6 is 0 Å². The Hall–Kier alpha value is -0.860. The summed E-state index contributed by atoms with van der Waals surface area (Å²) < 4.78 is 0. The number of likely N-dealkylation sites (tertiary alicyclic amines) is 1. The van der Waals surface area contributed by atoms with Crippen molar-refractivity contribution in [2.45, 2.75) is 57.5 Å². The molecule has 2 atom stereocenters. The summed E-state index contributed by atoms with van der Waals surface area (Å²) in [5.74, 6) is 1.72. The predicted octanol–water partition coefficient (Wildman–Crippen LogP) is 3.64. The maximum atomic E-state index is 3.77. The van der Waals surface area contributed by atoms with Crippen LogP contribution in [0.3, 0.4) is 0 Å². The van der Waals surface area contributed by atoms with E-state index in [1.165, 1.54) is 50.9 Å². The van der Waals surface area contributed by atoms with Gasteiger partial charge in [0.25, 0.3) is 0 Å². The van der Waals surface area contributed by atoms with Gasteiger partial charge >= 0.3 is 0 Å². The Balaban J connectivity index is 1.32. The molecule has 0 radical (unpaired) electrons.